The van der Waals surface area contributed by atoms with Crippen LogP contribution in [0.1, 0.15) is 153 Å². The molecule has 0 aliphatic carbocycles. The predicted octanol–water partition coefficient (Wildman–Crippen LogP) is 14.1. The lowest BCUT2D eigenvalue weighted by atomic mass is 9.90. The quantitative estimate of drug-likeness (QED) is 0.114. The summed E-state index contributed by atoms with van der Waals surface area (Å²) in [5.41, 5.74) is 10.6. The molecule has 1 fully saturated rings. The molecule has 1 atom stereocenters. The molecule has 270 valence electrons. The van der Waals surface area contributed by atoms with Crippen molar-refractivity contribution in [2.75, 3.05) is 13.1 Å². The first-order valence-electron chi connectivity index (χ1n) is 18.9. The third kappa shape index (κ3) is 23.0. The van der Waals surface area contributed by atoms with Gasteiger partial charge in [0.1, 0.15) is 5.54 Å². The highest BCUT2D eigenvalue weighted by atomic mass is 15.1. The Hall–Kier alpha value is -3.07. The van der Waals surface area contributed by atoms with Crippen molar-refractivity contribution in [1.82, 2.24) is 4.90 Å². The van der Waals surface area contributed by atoms with Crippen LogP contribution in [0.25, 0.3) is 17.2 Å². The summed E-state index contributed by atoms with van der Waals surface area (Å²) in [7, 11) is 0. The van der Waals surface area contributed by atoms with Crippen LogP contribution in [0.4, 0.5) is 0 Å². The van der Waals surface area contributed by atoms with Crippen molar-refractivity contribution in [3.8, 4) is 11.1 Å². The van der Waals surface area contributed by atoms with Crippen LogP contribution in [0.15, 0.2) is 85.0 Å². The summed E-state index contributed by atoms with van der Waals surface area (Å²) >= 11 is 0. The van der Waals surface area contributed by atoms with E-state index in [9.17, 15) is 0 Å². The zero-order valence-corrected chi connectivity index (χ0v) is 33.6. The minimum absolute atomic E-state index is 0.513. The average molecular weight is 650 g/mol. The first kappa shape index (κ1) is 50.8. The van der Waals surface area contributed by atoms with Crippen molar-refractivity contribution in [3.63, 3.8) is 0 Å². The SMILES string of the molecule is C=C(C)N1CCC(CC)CC1.C=Cc1cccc(-c2cccc(C(C)(C=C)N=CN)c2)c1.CC.CC.CC.CC.CCCCCCC. The fourth-order valence-corrected chi connectivity index (χ4v) is 4.66. The molecule has 1 unspecified atom stereocenters. The van der Waals surface area contributed by atoms with E-state index in [-0.39, 0.29) is 0 Å². The summed E-state index contributed by atoms with van der Waals surface area (Å²) in [5, 5.41) is 0. The third-order valence-electron chi connectivity index (χ3n) is 7.58. The van der Waals surface area contributed by atoms with Crippen LogP contribution < -0.4 is 5.73 Å². The largest absolute Gasteiger partial charge is 0.390 e. The van der Waals surface area contributed by atoms with Gasteiger partial charge in [-0.25, -0.2) is 0 Å². The second-order valence-corrected chi connectivity index (χ2v) is 10.7. The van der Waals surface area contributed by atoms with Crippen molar-refractivity contribution in [2.24, 2.45) is 16.6 Å². The summed E-state index contributed by atoms with van der Waals surface area (Å²) in [6, 6.07) is 16.5. The highest BCUT2D eigenvalue weighted by Gasteiger charge is 2.21. The molecule has 3 rings (SSSR count). The lowest BCUT2D eigenvalue weighted by molar-refractivity contribution is 0.224. The van der Waals surface area contributed by atoms with Crippen molar-refractivity contribution in [1.29, 1.82) is 0 Å². The minimum Gasteiger partial charge on any atom is -0.390 e. The number of allylic oxidation sites excluding steroid dienone is 1. The number of likely N-dealkylation sites (tertiary alicyclic amines) is 1. The number of nitrogens with two attached hydrogens (primary N) is 1. The van der Waals surface area contributed by atoms with Crippen molar-refractivity contribution >= 4 is 12.4 Å². The van der Waals surface area contributed by atoms with E-state index in [0.29, 0.717) is 0 Å². The summed E-state index contributed by atoms with van der Waals surface area (Å²) in [4.78, 5) is 6.73. The summed E-state index contributed by atoms with van der Waals surface area (Å²) in [6.07, 6.45) is 16.1. The van der Waals surface area contributed by atoms with Crippen LogP contribution in [0, 0.1) is 5.92 Å². The van der Waals surface area contributed by atoms with Crippen molar-refractivity contribution in [2.45, 2.75) is 147 Å². The average Bonchev–Trinajstić information content (AvgIpc) is 3.15. The van der Waals surface area contributed by atoms with Gasteiger partial charge in [-0.05, 0) is 67.0 Å². The first-order valence-corrected chi connectivity index (χ1v) is 18.9. The lowest BCUT2D eigenvalue weighted by Crippen LogP contribution is -2.31. The van der Waals surface area contributed by atoms with Gasteiger partial charge in [0, 0.05) is 18.8 Å². The molecule has 1 aliphatic rings. The van der Waals surface area contributed by atoms with Gasteiger partial charge in [-0.3, -0.25) is 4.99 Å². The number of unbranched alkanes of at least 4 members (excludes halogenated alkanes) is 4. The molecular formula is C44H79N3. The van der Waals surface area contributed by atoms with Gasteiger partial charge in [-0.2, -0.15) is 0 Å². The van der Waals surface area contributed by atoms with Gasteiger partial charge in [-0.1, -0.05) is 176 Å². The van der Waals surface area contributed by atoms with Crippen LogP contribution in [0.3, 0.4) is 0 Å². The van der Waals surface area contributed by atoms with Crippen molar-refractivity contribution in [3.05, 3.63) is 91.2 Å². The van der Waals surface area contributed by atoms with Crippen molar-refractivity contribution < 1.29 is 0 Å². The zero-order valence-electron chi connectivity index (χ0n) is 33.6. The van der Waals surface area contributed by atoms with E-state index in [0.717, 1.165) is 28.2 Å². The fraction of sp³-hybridized carbons (Fsp3) is 0.568. The molecule has 0 radical (unpaired) electrons. The molecule has 0 aromatic heterocycles. The summed E-state index contributed by atoms with van der Waals surface area (Å²) in [5.74, 6) is 0.977. The van der Waals surface area contributed by atoms with Gasteiger partial charge in [0.25, 0.3) is 0 Å². The molecule has 2 aromatic rings. The Morgan fingerprint density at radius 2 is 1.32 bits per heavy atom. The molecule has 0 bridgehead atoms. The minimum atomic E-state index is -0.513. The monoisotopic (exact) mass is 650 g/mol. The Labute approximate surface area is 295 Å². The normalized spacial score (nSPS) is 12.8. The van der Waals surface area contributed by atoms with Crippen LogP contribution in [0.5, 0.6) is 0 Å². The molecule has 2 aromatic carbocycles. The topological polar surface area (TPSA) is 41.6 Å². The Bertz CT molecular complexity index is 1010. The Balaban J connectivity index is -0.000000299. The van der Waals surface area contributed by atoms with E-state index < -0.39 is 5.54 Å². The number of hydrogen-bond donors (Lipinski definition) is 1. The molecule has 1 saturated heterocycles. The first-order chi connectivity index (χ1) is 22.8. The van der Waals surface area contributed by atoms with Crippen LogP contribution in [-0.4, -0.2) is 24.3 Å². The maximum absolute atomic E-state index is 5.46. The van der Waals surface area contributed by atoms with E-state index in [1.807, 2.05) is 92.7 Å². The maximum atomic E-state index is 5.46. The van der Waals surface area contributed by atoms with E-state index in [4.69, 9.17) is 5.73 Å². The summed E-state index contributed by atoms with van der Waals surface area (Å²) in [6.45, 7) is 41.0. The van der Waals surface area contributed by atoms with Crippen LogP contribution in [0.2, 0.25) is 0 Å². The van der Waals surface area contributed by atoms with E-state index in [2.05, 4.69) is 81.6 Å². The van der Waals surface area contributed by atoms with Gasteiger partial charge < -0.3 is 10.6 Å². The Kier molecular flexibility index (Phi) is 38.7. The highest BCUT2D eigenvalue weighted by molar-refractivity contribution is 5.68. The third-order valence-corrected chi connectivity index (χ3v) is 7.58. The second kappa shape index (κ2) is 35.8. The van der Waals surface area contributed by atoms with E-state index in [1.54, 1.807) is 6.08 Å². The molecule has 1 heterocycles. The molecule has 0 spiro atoms. The number of benzene rings is 2. The Morgan fingerprint density at radius 3 is 1.72 bits per heavy atom. The van der Waals surface area contributed by atoms with Gasteiger partial charge in [0.15, 0.2) is 0 Å². The van der Waals surface area contributed by atoms with Gasteiger partial charge in [0.05, 0.1) is 6.34 Å². The van der Waals surface area contributed by atoms with Crippen LogP contribution >= 0.6 is 0 Å². The van der Waals surface area contributed by atoms with Gasteiger partial charge >= 0.3 is 0 Å². The molecule has 3 nitrogen and oxygen atoms in total. The number of nitrogens with zero attached hydrogens (tertiary/aromatic N) is 2. The molecule has 47 heavy (non-hydrogen) atoms. The standard InChI is InChI=1S/C19H20N2.C10H19N.C7H16.4C2H6/c1-4-15-8-6-9-16(12-15)17-10-7-11-18(13-17)19(3,5-2)21-14-20;1-4-10-5-7-11(8-6-10)9(2)3;1-3-5-7-6-4-2;4*1-2/h4-14H,1-2H2,3H3,(H2,20,21);10H,2,4-8H2,1,3H3;3-7H2,1-2H3;4*1-2H3. The number of hydrogen-bond acceptors (Lipinski definition) is 2. The smallest absolute Gasteiger partial charge is 0.102 e. The van der Waals surface area contributed by atoms with Crippen LogP contribution in [-0.2, 0) is 5.54 Å². The number of rotatable bonds is 11. The molecule has 0 amide bonds. The molecular weight excluding hydrogens is 571 g/mol. The van der Waals surface area contributed by atoms with E-state index >= 15 is 0 Å². The van der Waals surface area contributed by atoms with Gasteiger partial charge in [0.2, 0.25) is 0 Å². The predicted molar refractivity (Wildman–Crippen MR) is 221 cm³/mol. The molecule has 0 saturated carbocycles. The molecule has 2 N–H and O–H groups in total. The second-order valence-electron chi connectivity index (χ2n) is 10.7. The van der Waals surface area contributed by atoms with Gasteiger partial charge in [-0.15, -0.1) is 6.58 Å². The fourth-order valence-electron chi connectivity index (χ4n) is 4.66. The summed E-state index contributed by atoms with van der Waals surface area (Å²) < 4.78 is 0. The maximum Gasteiger partial charge on any atom is 0.102 e. The lowest BCUT2D eigenvalue weighted by Gasteiger charge is -2.33. The number of aliphatic imine (C=N–C) groups is 1. The highest BCUT2D eigenvalue weighted by Crippen LogP contribution is 2.30. The molecule has 1 aliphatic heterocycles. The van der Waals surface area contributed by atoms with E-state index in [1.165, 1.54) is 76.5 Å². The Morgan fingerprint density at radius 1 is 0.830 bits per heavy atom. The zero-order chi connectivity index (χ0) is 37.1. The number of piperidine rings is 1. The molecule has 3 heteroatoms.